The van der Waals surface area contributed by atoms with E-state index in [0.717, 1.165) is 12.2 Å². The summed E-state index contributed by atoms with van der Waals surface area (Å²) in [6.07, 6.45) is 4.73. The Morgan fingerprint density at radius 1 is 1.08 bits per heavy atom. The van der Waals surface area contributed by atoms with E-state index in [4.69, 9.17) is 4.98 Å². The van der Waals surface area contributed by atoms with Gasteiger partial charge in [0.15, 0.2) is 11.0 Å². The highest BCUT2D eigenvalue weighted by molar-refractivity contribution is 5.78. The highest BCUT2D eigenvalue weighted by Gasteiger charge is 2.29. The lowest BCUT2D eigenvalue weighted by Gasteiger charge is -2.03. The van der Waals surface area contributed by atoms with Crippen molar-refractivity contribution in [2.45, 2.75) is 32.2 Å². The van der Waals surface area contributed by atoms with Crippen LogP contribution in [0.3, 0.4) is 0 Å². The van der Waals surface area contributed by atoms with Gasteiger partial charge in [0.05, 0.1) is 11.9 Å². The third-order valence-corrected chi connectivity index (χ3v) is 4.99. The number of imidazole rings is 1. The lowest BCUT2D eigenvalue weighted by Crippen LogP contribution is -3.00. The molecular weight excluding hydrogens is 374 g/mol. The predicted molar refractivity (Wildman–Crippen MR) is 95.1 cm³/mol. The zero-order chi connectivity index (χ0) is 16.1. The third-order valence-electron chi connectivity index (χ3n) is 4.99. The fourth-order valence-corrected chi connectivity index (χ4v) is 3.68. The fourth-order valence-electron chi connectivity index (χ4n) is 3.68. The molecule has 4 aromatic rings. The molecule has 1 aliphatic rings. The Morgan fingerprint density at radius 3 is 2.60 bits per heavy atom. The highest BCUT2D eigenvalue weighted by atomic mass is 79.9. The summed E-state index contributed by atoms with van der Waals surface area (Å²) in [5.41, 5.74) is 7.44. The van der Waals surface area contributed by atoms with E-state index in [1.165, 1.54) is 40.8 Å². The number of halogens is 1. The number of hydrogen-bond acceptors (Lipinski definition) is 1. The van der Waals surface area contributed by atoms with E-state index < -0.39 is 0 Å². The lowest BCUT2D eigenvalue weighted by atomic mass is 10.2. The van der Waals surface area contributed by atoms with Crippen molar-refractivity contribution in [3.8, 4) is 0 Å². The number of rotatable bonds is 3. The van der Waals surface area contributed by atoms with E-state index in [-0.39, 0.29) is 17.0 Å². The summed E-state index contributed by atoms with van der Waals surface area (Å²) in [6, 6.07) is 19.4. The van der Waals surface area contributed by atoms with Crippen LogP contribution in [0, 0.1) is 6.92 Å². The van der Waals surface area contributed by atoms with E-state index >= 15 is 0 Å². The van der Waals surface area contributed by atoms with Crippen molar-refractivity contribution < 1.29 is 21.5 Å². The molecule has 0 aliphatic heterocycles. The Kier molecular flexibility index (Phi) is 4.08. The summed E-state index contributed by atoms with van der Waals surface area (Å²) >= 11 is 0. The summed E-state index contributed by atoms with van der Waals surface area (Å²) in [6.45, 7) is 3.01. The topological polar surface area (TPSA) is 21.2 Å². The minimum Gasteiger partial charge on any atom is -1.00 e. The quantitative estimate of drug-likeness (QED) is 0.476. The Labute approximate surface area is 157 Å². The average Bonchev–Trinajstić information content (AvgIpc) is 3.41. The average molecular weight is 394 g/mol. The number of nitrogens with zero attached hydrogens (tertiary/aromatic N) is 3. The lowest BCUT2D eigenvalue weighted by molar-refractivity contribution is -0.636. The van der Waals surface area contributed by atoms with Crippen LogP contribution in [0.25, 0.3) is 16.7 Å². The number of benzene rings is 1. The Morgan fingerprint density at radius 2 is 1.84 bits per heavy atom. The van der Waals surface area contributed by atoms with Crippen LogP contribution in [-0.2, 0) is 6.54 Å². The largest absolute Gasteiger partial charge is 1.00 e. The second-order valence-electron chi connectivity index (χ2n) is 6.78. The summed E-state index contributed by atoms with van der Waals surface area (Å²) in [5, 5.41) is 0. The van der Waals surface area contributed by atoms with Crippen LogP contribution in [0.2, 0.25) is 0 Å². The van der Waals surface area contributed by atoms with Crippen molar-refractivity contribution in [3.05, 3.63) is 77.7 Å². The van der Waals surface area contributed by atoms with Crippen LogP contribution in [0.4, 0.5) is 0 Å². The predicted octanol–water partition coefficient (Wildman–Crippen LogP) is 1.01. The molecule has 0 spiro atoms. The van der Waals surface area contributed by atoms with Crippen LogP contribution in [0.15, 0.2) is 60.8 Å². The normalized spacial score (nSPS) is 14.0. The molecule has 0 N–H and O–H groups in total. The molecule has 3 aromatic heterocycles. The summed E-state index contributed by atoms with van der Waals surface area (Å²) in [5.74, 6) is 0.671. The fraction of sp³-hybridized carbons (Fsp3) is 0.238. The van der Waals surface area contributed by atoms with Gasteiger partial charge in [0.1, 0.15) is 6.54 Å². The zero-order valence-electron chi connectivity index (χ0n) is 14.2. The molecule has 1 fully saturated rings. The smallest absolute Gasteiger partial charge is 0.287 e. The molecule has 0 saturated heterocycles. The maximum Gasteiger partial charge on any atom is 0.287 e. The van der Waals surface area contributed by atoms with Gasteiger partial charge in [-0.05, 0) is 31.4 Å². The zero-order valence-corrected chi connectivity index (χ0v) is 15.8. The monoisotopic (exact) mass is 393 g/mol. The molecular formula is C21H20BrN3. The molecule has 0 unspecified atom stereocenters. The van der Waals surface area contributed by atoms with Gasteiger partial charge in [-0.3, -0.25) is 4.98 Å². The first kappa shape index (κ1) is 16.3. The van der Waals surface area contributed by atoms with Gasteiger partial charge in [0.2, 0.25) is 0 Å². The van der Waals surface area contributed by atoms with Gasteiger partial charge in [-0.2, -0.15) is 4.40 Å². The molecule has 4 heteroatoms. The van der Waals surface area contributed by atoms with Crippen LogP contribution in [-0.4, -0.2) is 9.38 Å². The maximum atomic E-state index is 4.93. The van der Waals surface area contributed by atoms with E-state index in [9.17, 15) is 0 Å². The van der Waals surface area contributed by atoms with Crippen molar-refractivity contribution in [1.29, 1.82) is 0 Å². The first-order valence-electron chi connectivity index (χ1n) is 8.65. The standard InChI is InChI=1S/C21H20N3.BrH/c1-15-21-19(13-18(22-15)17-10-11-17)23-12-6-5-9-20(23)24(21)14-16-7-3-2-4-8-16;/h2-9,12-13,17H,10-11,14H2,1H3;1H/q+1;/p-1. The maximum absolute atomic E-state index is 4.93. The van der Waals surface area contributed by atoms with Crippen LogP contribution >= 0.6 is 0 Å². The molecule has 1 aromatic carbocycles. The SMILES string of the molecule is Cc1nc(C2CC2)cc2c1[n+](Cc1ccccc1)c1ccccn21.[Br-]. The van der Waals surface area contributed by atoms with E-state index in [0.29, 0.717) is 5.92 Å². The molecule has 5 rings (SSSR count). The Hall–Kier alpha value is -2.20. The molecule has 0 radical (unpaired) electrons. The van der Waals surface area contributed by atoms with Gasteiger partial charge in [-0.1, -0.05) is 36.4 Å². The summed E-state index contributed by atoms with van der Waals surface area (Å²) in [7, 11) is 0. The van der Waals surface area contributed by atoms with E-state index in [2.05, 4.69) is 76.7 Å². The van der Waals surface area contributed by atoms with Crippen LogP contribution in [0.5, 0.6) is 0 Å². The number of pyridine rings is 2. The minimum absolute atomic E-state index is 0. The van der Waals surface area contributed by atoms with Crippen molar-refractivity contribution in [1.82, 2.24) is 9.38 Å². The van der Waals surface area contributed by atoms with Gasteiger partial charge in [-0.25, -0.2) is 4.57 Å². The van der Waals surface area contributed by atoms with Crippen molar-refractivity contribution >= 4 is 16.7 Å². The Balaban J connectivity index is 0.00000157. The van der Waals surface area contributed by atoms with Crippen molar-refractivity contribution in [2.24, 2.45) is 0 Å². The number of fused-ring (bicyclic) bond motifs is 3. The molecule has 3 heterocycles. The second kappa shape index (κ2) is 6.26. The van der Waals surface area contributed by atoms with Crippen LogP contribution < -0.4 is 21.5 Å². The van der Waals surface area contributed by atoms with Gasteiger partial charge in [0.25, 0.3) is 5.65 Å². The molecule has 25 heavy (non-hydrogen) atoms. The molecule has 1 saturated carbocycles. The van der Waals surface area contributed by atoms with Gasteiger partial charge in [-0.15, -0.1) is 0 Å². The van der Waals surface area contributed by atoms with Gasteiger partial charge in [0, 0.05) is 23.7 Å². The molecule has 3 nitrogen and oxygen atoms in total. The Bertz CT molecular complexity index is 1050. The minimum atomic E-state index is 0. The van der Waals surface area contributed by atoms with E-state index in [1.807, 2.05) is 0 Å². The molecule has 0 atom stereocenters. The third kappa shape index (κ3) is 2.74. The first-order chi connectivity index (χ1) is 11.8. The molecule has 1 aliphatic carbocycles. The molecule has 0 bridgehead atoms. The number of aryl methyl sites for hydroxylation is 1. The second-order valence-corrected chi connectivity index (χ2v) is 6.78. The number of hydrogen-bond donors (Lipinski definition) is 0. The van der Waals surface area contributed by atoms with Crippen molar-refractivity contribution in [2.75, 3.05) is 0 Å². The van der Waals surface area contributed by atoms with E-state index in [1.54, 1.807) is 0 Å². The summed E-state index contributed by atoms with van der Waals surface area (Å²) < 4.78 is 4.70. The highest BCUT2D eigenvalue weighted by Crippen LogP contribution is 2.40. The van der Waals surface area contributed by atoms with Gasteiger partial charge < -0.3 is 17.0 Å². The van der Waals surface area contributed by atoms with Crippen LogP contribution in [0.1, 0.15) is 35.7 Å². The molecule has 126 valence electrons. The van der Waals surface area contributed by atoms with Crippen molar-refractivity contribution in [3.63, 3.8) is 0 Å². The molecule has 0 amide bonds. The first-order valence-corrected chi connectivity index (χ1v) is 8.65. The number of aromatic nitrogens is 3. The van der Waals surface area contributed by atoms with Gasteiger partial charge >= 0.3 is 0 Å². The summed E-state index contributed by atoms with van der Waals surface area (Å²) in [4.78, 5) is 4.93.